The van der Waals surface area contributed by atoms with Gasteiger partial charge in [0.25, 0.3) is 11.8 Å². The molecule has 1 heterocycles. The van der Waals surface area contributed by atoms with Crippen molar-refractivity contribution in [3.05, 3.63) is 60.0 Å². The number of ether oxygens (including phenoxy) is 2. The number of hydrogen-bond acceptors (Lipinski definition) is 6. The lowest BCUT2D eigenvalue weighted by molar-refractivity contribution is -0.276. The van der Waals surface area contributed by atoms with E-state index in [1.54, 1.807) is 0 Å². The van der Waals surface area contributed by atoms with Crippen LogP contribution in [0.25, 0.3) is 0 Å². The molecule has 184 valence electrons. The molecule has 0 aliphatic heterocycles. The number of anilines is 1. The summed E-state index contributed by atoms with van der Waals surface area (Å²) in [5.74, 6) is -2.71. The van der Waals surface area contributed by atoms with Gasteiger partial charge in [-0.25, -0.2) is 9.37 Å². The number of rotatable bonds is 11. The lowest BCUT2D eigenvalue weighted by Gasteiger charge is -2.23. The van der Waals surface area contributed by atoms with E-state index in [9.17, 15) is 32.3 Å². The van der Waals surface area contributed by atoms with Crippen molar-refractivity contribution in [3.8, 4) is 11.6 Å². The van der Waals surface area contributed by atoms with Crippen LogP contribution in [0.2, 0.25) is 5.02 Å². The van der Waals surface area contributed by atoms with Crippen LogP contribution in [-0.2, 0) is 9.59 Å². The highest BCUT2D eigenvalue weighted by Crippen LogP contribution is 2.23. The smallest absolute Gasteiger partial charge is 0.484 e. The van der Waals surface area contributed by atoms with Crippen molar-refractivity contribution in [1.29, 1.82) is 0 Å². The van der Waals surface area contributed by atoms with E-state index in [1.165, 1.54) is 12.1 Å². The summed E-state index contributed by atoms with van der Waals surface area (Å²) in [4.78, 5) is 27.7. The molecule has 1 aromatic heterocycles. The number of amides is 2. The average molecular weight is 506 g/mol. The lowest BCUT2D eigenvalue weighted by Crippen LogP contribution is -2.42. The fourth-order valence-corrected chi connectivity index (χ4v) is 2.65. The number of pyridine rings is 1. The predicted molar refractivity (Wildman–Crippen MR) is 114 cm³/mol. The van der Waals surface area contributed by atoms with Crippen LogP contribution >= 0.6 is 11.6 Å². The molecule has 2 rings (SSSR count). The molecule has 0 aliphatic carbocycles. The molecule has 0 fully saturated rings. The van der Waals surface area contributed by atoms with Gasteiger partial charge in [-0.05, 0) is 31.0 Å². The van der Waals surface area contributed by atoms with Crippen LogP contribution in [0.1, 0.15) is 12.8 Å². The Bertz CT molecular complexity index is 1020. The Balaban J connectivity index is 1.78. The summed E-state index contributed by atoms with van der Waals surface area (Å²) in [6.07, 6.45) is -2.95. The minimum atomic E-state index is -4.91. The highest BCUT2D eigenvalue weighted by atomic mass is 35.5. The van der Waals surface area contributed by atoms with Crippen molar-refractivity contribution in [2.24, 2.45) is 0 Å². The Morgan fingerprint density at radius 2 is 1.97 bits per heavy atom. The third kappa shape index (κ3) is 8.52. The standard InChI is InChI=1S/C21H20ClF4N3O5/c1-2-20(32,19(31)29-13-4-7-18(28-11-13)34-21(24,25)26)8-3-9-27-17(30)12-33-14-5-6-15(22)16(23)10-14/h2,4-7,10-11,32H,1,3,8-9,12H2,(H,27,30)(H,29,31). The summed E-state index contributed by atoms with van der Waals surface area (Å²) < 4.78 is 58.6. The van der Waals surface area contributed by atoms with Crippen LogP contribution in [0.15, 0.2) is 49.2 Å². The zero-order valence-electron chi connectivity index (χ0n) is 17.5. The summed E-state index contributed by atoms with van der Waals surface area (Å²) in [5, 5.41) is 15.3. The van der Waals surface area contributed by atoms with Crippen LogP contribution in [0, 0.1) is 5.82 Å². The first-order chi connectivity index (χ1) is 15.9. The highest BCUT2D eigenvalue weighted by molar-refractivity contribution is 6.30. The number of aromatic nitrogens is 1. The number of hydrogen-bond donors (Lipinski definition) is 3. The molecule has 0 aliphatic rings. The third-order valence-corrected chi connectivity index (χ3v) is 4.57. The quantitative estimate of drug-likeness (QED) is 0.244. The number of nitrogens with one attached hydrogen (secondary N) is 2. The van der Waals surface area contributed by atoms with Crippen molar-refractivity contribution in [3.63, 3.8) is 0 Å². The molecule has 1 atom stereocenters. The summed E-state index contributed by atoms with van der Waals surface area (Å²) in [6.45, 7) is 3.10. The second-order valence-corrected chi connectivity index (χ2v) is 7.24. The summed E-state index contributed by atoms with van der Waals surface area (Å²) in [6, 6.07) is 5.72. The van der Waals surface area contributed by atoms with Gasteiger partial charge in [-0.1, -0.05) is 24.3 Å². The van der Waals surface area contributed by atoms with E-state index in [2.05, 4.69) is 26.9 Å². The van der Waals surface area contributed by atoms with Gasteiger partial charge in [0, 0.05) is 18.7 Å². The number of benzene rings is 1. The molecule has 2 amide bonds. The summed E-state index contributed by atoms with van der Waals surface area (Å²) >= 11 is 5.56. The van der Waals surface area contributed by atoms with E-state index in [4.69, 9.17) is 16.3 Å². The molecule has 1 aromatic carbocycles. The number of halogens is 5. The van der Waals surface area contributed by atoms with Crippen LogP contribution < -0.4 is 20.1 Å². The third-order valence-electron chi connectivity index (χ3n) is 4.26. The molecule has 0 radical (unpaired) electrons. The Morgan fingerprint density at radius 1 is 1.24 bits per heavy atom. The molecule has 8 nitrogen and oxygen atoms in total. The Hall–Kier alpha value is -3.38. The van der Waals surface area contributed by atoms with E-state index in [0.717, 1.165) is 30.5 Å². The van der Waals surface area contributed by atoms with E-state index in [-0.39, 0.29) is 35.8 Å². The fraction of sp³-hybridized carbons (Fsp3) is 0.286. The average Bonchev–Trinajstić information content (AvgIpc) is 2.77. The second-order valence-electron chi connectivity index (χ2n) is 6.83. The van der Waals surface area contributed by atoms with E-state index in [1.807, 2.05) is 0 Å². The highest BCUT2D eigenvalue weighted by Gasteiger charge is 2.33. The first kappa shape index (κ1) is 26.9. The monoisotopic (exact) mass is 505 g/mol. The fourth-order valence-electron chi connectivity index (χ4n) is 2.53. The molecule has 2 aromatic rings. The normalized spacial score (nSPS) is 12.9. The van der Waals surface area contributed by atoms with Gasteiger partial charge in [0.15, 0.2) is 12.2 Å². The molecular weight excluding hydrogens is 486 g/mol. The molecule has 0 spiro atoms. The van der Waals surface area contributed by atoms with E-state index >= 15 is 0 Å². The molecule has 34 heavy (non-hydrogen) atoms. The number of alkyl halides is 3. The molecule has 0 bridgehead atoms. The number of carbonyl (C=O) groups excluding carboxylic acids is 2. The number of nitrogens with zero attached hydrogens (tertiary/aromatic N) is 1. The van der Waals surface area contributed by atoms with Gasteiger partial charge in [0.1, 0.15) is 11.6 Å². The van der Waals surface area contributed by atoms with Gasteiger partial charge in [-0.2, -0.15) is 0 Å². The minimum Gasteiger partial charge on any atom is -0.484 e. The van der Waals surface area contributed by atoms with E-state index in [0.29, 0.717) is 0 Å². The topological polar surface area (TPSA) is 110 Å². The first-order valence-corrected chi connectivity index (χ1v) is 10.0. The molecule has 1 unspecified atom stereocenters. The maximum absolute atomic E-state index is 13.4. The summed E-state index contributed by atoms with van der Waals surface area (Å²) in [5.41, 5.74) is -2.01. The summed E-state index contributed by atoms with van der Waals surface area (Å²) in [7, 11) is 0. The van der Waals surface area contributed by atoms with Crippen molar-refractivity contribution in [2.75, 3.05) is 18.5 Å². The number of aliphatic hydroxyl groups is 1. The largest absolute Gasteiger partial charge is 0.574 e. The SMILES string of the molecule is C=CC(O)(CCCNC(=O)COc1ccc(Cl)c(F)c1)C(=O)Nc1ccc(OC(F)(F)F)nc1. The Morgan fingerprint density at radius 3 is 2.56 bits per heavy atom. The van der Waals surface area contributed by atoms with Gasteiger partial charge in [0.2, 0.25) is 5.88 Å². The maximum atomic E-state index is 13.4. The van der Waals surface area contributed by atoms with Gasteiger partial charge >= 0.3 is 6.36 Å². The van der Waals surface area contributed by atoms with Gasteiger partial charge in [0.05, 0.1) is 16.9 Å². The minimum absolute atomic E-state index is 0.0175. The first-order valence-electron chi connectivity index (χ1n) is 9.65. The van der Waals surface area contributed by atoms with Crippen molar-refractivity contribution in [2.45, 2.75) is 24.8 Å². The van der Waals surface area contributed by atoms with Crippen LogP contribution in [0.4, 0.5) is 23.2 Å². The van der Waals surface area contributed by atoms with Crippen molar-refractivity contribution in [1.82, 2.24) is 10.3 Å². The van der Waals surface area contributed by atoms with Crippen LogP contribution in [-0.4, -0.2) is 47.0 Å². The lowest BCUT2D eigenvalue weighted by atomic mass is 9.96. The Labute approximate surface area is 196 Å². The molecule has 3 N–H and O–H groups in total. The van der Waals surface area contributed by atoms with E-state index < -0.39 is 42.1 Å². The van der Waals surface area contributed by atoms with Gasteiger partial charge < -0.3 is 25.2 Å². The van der Waals surface area contributed by atoms with Crippen LogP contribution in [0.5, 0.6) is 11.6 Å². The van der Waals surface area contributed by atoms with Gasteiger partial charge in [-0.3, -0.25) is 9.59 Å². The van der Waals surface area contributed by atoms with Crippen LogP contribution in [0.3, 0.4) is 0 Å². The molecular formula is C21H20ClF4N3O5. The molecule has 0 saturated carbocycles. The Kier molecular flexibility index (Phi) is 9.21. The number of carbonyl (C=O) groups is 2. The molecule has 0 saturated heterocycles. The maximum Gasteiger partial charge on any atom is 0.574 e. The van der Waals surface area contributed by atoms with Crippen molar-refractivity contribution >= 4 is 29.1 Å². The zero-order chi connectivity index (χ0) is 25.4. The zero-order valence-corrected chi connectivity index (χ0v) is 18.3. The van der Waals surface area contributed by atoms with Gasteiger partial charge in [-0.15, -0.1) is 13.2 Å². The second kappa shape index (κ2) is 11.7. The molecule has 13 heteroatoms. The van der Waals surface area contributed by atoms with Crippen molar-refractivity contribution < 1.29 is 41.7 Å². The predicted octanol–water partition coefficient (Wildman–Crippen LogP) is 3.60.